The van der Waals surface area contributed by atoms with Crippen LogP contribution in [0.2, 0.25) is 5.02 Å². The van der Waals surface area contributed by atoms with Gasteiger partial charge in [0.05, 0.1) is 11.3 Å². The number of thiophene rings is 1. The molecule has 1 aliphatic rings. The first-order valence-corrected chi connectivity index (χ1v) is 7.33. The van der Waals surface area contributed by atoms with Crippen molar-refractivity contribution < 1.29 is 14.3 Å². The Labute approximate surface area is 133 Å². The Balaban J connectivity index is 1.73. The second kappa shape index (κ2) is 5.74. The molecule has 0 saturated carbocycles. The van der Waals surface area contributed by atoms with Gasteiger partial charge < -0.3 is 15.4 Å². The van der Waals surface area contributed by atoms with E-state index in [2.05, 4.69) is 15.8 Å². The lowest BCUT2D eigenvalue weighted by Crippen LogP contribution is -2.35. The highest BCUT2D eigenvalue weighted by Crippen LogP contribution is 2.34. The molecule has 7 nitrogen and oxygen atoms in total. The summed E-state index contributed by atoms with van der Waals surface area (Å²) >= 11 is 6.98. The third kappa shape index (κ3) is 2.66. The normalized spacial score (nSPS) is 15.4. The monoisotopic (exact) mass is 337 g/mol. The summed E-state index contributed by atoms with van der Waals surface area (Å²) < 4.78 is 5.45. The number of nitrogens with one attached hydrogen (secondary N) is 2. The number of hydrogen-bond acceptors (Lipinski definition) is 6. The Morgan fingerprint density at radius 1 is 1.36 bits per heavy atom. The molecule has 9 heteroatoms. The van der Waals surface area contributed by atoms with Crippen molar-refractivity contribution >= 4 is 45.4 Å². The Morgan fingerprint density at radius 3 is 2.95 bits per heavy atom. The molecular formula is C13H8ClN3O4S. The maximum atomic E-state index is 12.2. The molecule has 0 saturated heterocycles. The molecule has 0 spiro atoms. The van der Waals surface area contributed by atoms with E-state index in [1.165, 1.54) is 6.07 Å². The van der Waals surface area contributed by atoms with E-state index in [0.29, 0.717) is 16.5 Å². The molecule has 1 aromatic heterocycles. The van der Waals surface area contributed by atoms with E-state index >= 15 is 0 Å². The van der Waals surface area contributed by atoms with Crippen LogP contribution in [-0.2, 0) is 4.79 Å². The minimum atomic E-state index is -0.956. The summed E-state index contributed by atoms with van der Waals surface area (Å²) in [5.41, 5.74) is 0.650. The van der Waals surface area contributed by atoms with E-state index < -0.39 is 18.0 Å². The minimum Gasteiger partial charge on any atom is -0.459 e. The molecule has 0 bridgehead atoms. The van der Waals surface area contributed by atoms with Crippen LogP contribution in [0.15, 0.2) is 34.8 Å². The van der Waals surface area contributed by atoms with Crippen LogP contribution < -0.4 is 15.4 Å². The van der Waals surface area contributed by atoms with Crippen molar-refractivity contribution in [2.24, 2.45) is 5.18 Å². The number of benzene rings is 1. The molecule has 2 aromatic rings. The van der Waals surface area contributed by atoms with E-state index in [-0.39, 0.29) is 10.6 Å². The number of halogens is 1. The number of hydrogen-bond donors (Lipinski definition) is 2. The van der Waals surface area contributed by atoms with Gasteiger partial charge in [0, 0.05) is 10.2 Å². The summed E-state index contributed by atoms with van der Waals surface area (Å²) in [7, 11) is 0. The third-order valence-corrected chi connectivity index (χ3v) is 3.99. The van der Waals surface area contributed by atoms with Crippen LogP contribution in [0.4, 0.5) is 10.7 Å². The van der Waals surface area contributed by atoms with Crippen molar-refractivity contribution in [2.45, 2.75) is 6.23 Å². The summed E-state index contributed by atoms with van der Waals surface area (Å²) in [5.74, 6) is -0.941. The molecule has 3 rings (SSSR count). The number of carbonyl (C=O) groups excluding carboxylic acids is 2. The fourth-order valence-corrected chi connectivity index (χ4v) is 2.89. The maximum absolute atomic E-state index is 12.2. The highest BCUT2D eigenvalue weighted by Gasteiger charge is 2.29. The third-order valence-electron chi connectivity index (χ3n) is 2.93. The zero-order valence-electron chi connectivity index (χ0n) is 10.8. The average molecular weight is 338 g/mol. The van der Waals surface area contributed by atoms with E-state index in [1.54, 1.807) is 23.6 Å². The number of fused-ring (bicyclic) bond motifs is 1. The summed E-state index contributed by atoms with van der Waals surface area (Å²) in [4.78, 5) is 33.8. The second-order valence-electron chi connectivity index (χ2n) is 4.33. The smallest absolute Gasteiger partial charge is 0.319 e. The van der Waals surface area contributed by atoms with Gasteiger partial charge in [0.15, 0.2) is 0 Å². The van der Waals surface area contributed by atoms with Gasteiger partial charge in [-0.2, -0.15) is 0 Å². The fraction of sp³-hybridized carbons (Fsp3) is 0.0769. The van der Waals surface area contributed by atoms with Crippen LogP contribution >= 0.6 is 22.9 Å². The fourth-order valence-electron chi connectivity index (χ4n) is 1.94. The summed E-state index contributed by atoms with van der Waals surface area (Å²) in [5, 5.41) is 10.1. The molecule has 0 fully saturated rings. The average Bonchev–Trinajstić information content (AvgIpc) is 3.12. The quantitative estimate of drug-likeness (QED) is 0.839. The Morgan fingerprint density at radius 2 is 2.18 bits per heavy atom. The summed E-state index contributed by atoms with van der Waals surface area (Å²) in [6, 6.07) is 6.35. The molecule has 1 unspecified atom stereocenters. The first-order chi connectivity index (χ1) is 10.6. The molecule has 0 aliphatic carbocycles. The Bertz CT molecular complexity index is 776. The highest BCUT2D eigenvalue weighted by molar-refractivity contribution is 7.14. The van der Waals surface area contributed by atoms with Gasteiger partial charge in [-0.05, 0) is 29.6 Å². The van der Waals surface area contributed by atoms with E-state index in [9.17, 15) is 14.5 Å². The van der Waals surface area contributed by atoms with Crippen molar-refractivity contribution in [3.63, 3.8) is 0 Å². The van der Waals surface area contributed by atoms with Gasteiger partial charge in [0.2, 0.25) is 6.23 Å². The molecule has 22 heavy (non-hydrogen) atoms. The summed E-state index contributed by atoms with van der Waals surface area (Å²) in [6.07, 6.45) is -0.956. The zero-order chi connectivity index (χ0) is 15.7. The van der Waals surface area contributed by atoms with Gasteiger partial charge in [-0.3, -0.25) is 9.59 Å². The van der Waals surface area contributed by atoms with Gasteiger partial charge in [-0.1, -0.05) is 11.6 Å². The van der Waals surface area contributed by atoms with Crippen molar-refractivity contribution in [3.05, 3.63) is 45.1 Å². The van der Waals surface area contributed by atoms with E-state index in [0.717, 1.165) is 11.3 Å². The van der Waals surface area contributed by atoms with Crippen molar-refractivity contribution in [1.29, 1.82) is 0 Å². The Hall–Kier alpha value is -2.45. The second-order valence-corrected chi connectivity index (χ2v) is 5.68. The molecular weight excluding hydrogens is 330 g/mol. The van der Waals surface area contributed by atoms with Crippen molar-refractivity contribution in [2.75, 3.05) is 10.6 Å². The number of carbonyl (C=O) groups is 2. The predicted octanol–water partition coefficient (Wildman–Crippen LogP) is 3.08. The lowest BCUT2D eigenvalue weighted by atomic mass is 10.3. The number of rotatable bonds is 3. The molecule has 2 heterocycles. The van der Waals surface area contributed by atoms with Crippen LogP contribution in [-0.4, -0.2) is 18.0 Å². The topological polar surface area (TPSA) is 96.9 Å². The van der Waals surface area contributed by atoms with Crippen LogP contribution in [0.1, 0.15) is 10.4 Å². The van der Waals surface area contributed by atoms with Gasteiger partial charge in [0.1, 0.15) is 10.8 Å². The summed E-state index contributed by atoms with van der Waals surface area (Å²) in [6.45, 7) is 0. The van der Waals surface area contributed by atoms with Gasteiger partial charge >= 0.3 is 5.91 Å². The SMILES string of the molecule is O=NC(=O)c1ccsc1NC(=O)C1Nc2cc(Cl)ccc2O1. The van der Waals surface area contributed by atoms with Gasteiger partial charge in [0.25, 0.3) is 5.91 Å². The first kappa shape index (κ1) is 14.5. The zero-order valence-corrected chi connectivity index (χ0v) is 12.4. The predicted molar refractivity (Wildman–Crippen MR) is 82.6 cm³/mol. The van der Waals surface area contributed by atoms with Gasteiger partial charge in [-0.15, -0.1) is 16.2 Å². The number of anilines is 2. The maximum Gasteiger partial charge on any atom is 0.319 e. The standard InChI is InChI=1S/C13H8ClN3O4S/c14-6-1-2-9-8(5-6)15-12(21-9)11(19)16-13-7(3-4-22-13)10(18)17-20/h1-5,12,15H,(H,16,19). The number of amides is 2. The lowest BCUT2D eigenvalue weighted by molar-refractivity contribution is -0.121. The molecule has 1 aromatic carbocycles. The Kier molecular flexibility index (Phi) is 3.78. The van der Waals surface area contributed by atoms with Crippen molar-refractivity contribution in [3.8, 4) is 5.75 Å². The molecule has 0 radical (unpaired) electrons. The molecule has 2 amide bonds. The van der Waals surface area contributed by atoms with Crippen LogP contribution in [0, 0.1) is 4.91 Å². The van der Waals surface area contributed by atoms with E-state index in [4.69, 9.17) is 16.3 Å². The molecule has 2 N–H and O–H groups in total. The number of nitroso groups, excluding NO2 is 1. The molecule has 1 aliphatic heterocycles. The largest absolute Gasteiger partial charge is 0.459 e. The first-order valence-electron chi connectivity index (χ1n) is 6.07. The van der Waals surface area contributed by atoms with E-state index in [1.807, 2.05) is 0 Å². The van der Waals surface area contributed by atoms with Crippen molar-refractivity contribution in [1.82, 2.24) is 0 Å². The lowest BCUT2D eigenvalue weighted by Gasteiger charge is -2.11. The molecule has 1 atom stereocenters. The van der Waals surface area contributed by atoms with Crippen LogP contribution in [0.25, 0.3) is 0 Å². The van der Waals surface area contributed by atoms with Crippen LogP contribution in [0.3, 0.4) is 0 Å². The van der Waals surface area contributed by atoms with Crippen LogP contribution in [0.5, 0.6) is 5.75 Å². The minimum absolute atomic E-state index is 0.0481. The number of nitrogens with zero attached hydrogens (tertiary/aromatic N) is 1. The number of ether oxygens (including phenoxy) is 1. The highest BCUT2D eigenvalue weighted by atomic mass is 35.5. The van der Waals surface area contributed by atoms with Gasteiger partial charge in [-0.25, -0.2) is 0 Å². The molecule has 112 valence electrons.